The first kappa shape index (κ1) is 23.9. The zero-order valence-corrected chi connectivity index (χ0v) is 19.1. The predicted molar refractivity (Wildman–Crippen MR) is 117 cm³/mol. The summed E-state index contributed by atoms with van der Waals surface area (Å²) in [6.07, 6.45) is 1.24. The SMILES string of the molecule is CCOC(=O)C1CCN(C(=O)[C@@H](C)N(C)CC(=O)Nc2c(C)cc(C)cc2C)CC1. The number of likely N-dealkylation sites (tertiary alicyclic amines) is 1. The Labute approximate surface area is 179 Å². The van der Waals surface area contributed by atoms with Gasteiger partial charge in [-0.25, -0.2) is 0 Å². The maximum atomic E-state index is 12.9. The number of aryl methyl sites for hydroxylation is 3. The van der Waals surface area contributed by atoms with Crippen molar-refractivity contribution in [3.8, 4) is 0 Å². The first-order valence-electron chi connectivity index (χ1n) is 10.7. The Bertz CT molecular complexity index is 762. The van der Waals surface area contributed by atoms with Gasteiger partial charge in [-0.2, -0.15) is 0 Å². The van der Waals surface area contributed by atoms with Crippen molar-refractivity contribution in [2.75, 3.05) is 38.6 Å². The number of anilines is 1. The Morgan fingerprint density at radius 2 is 1.73 bits per heavy atom. The van der Waals surface area contributed by atoms with Gasteiger partial charge in [0.05, 0.1) is 25.1 Å². The number of rotatable bonds is 7. The molecule has 166 valence electrons. The molecule has 0 bridgehead atoms. The van der Waals surface area contributed by atoms with E-state index in [4.69, 9.17) is 4.74 Å². The Hall–Kier alpha value is -2.41. The van der Waals surface area contributed by atoms with Crippen molar-refractivity contribution in [3.05, 3.63) is 28.8 Å². The molecule has 2 amide bonds. The highest BCUT2D eigenvalue weighted by molar-refractivity contribution is 5.94. The average molecular weight is 418 g/mol. The van der Waals surface area contributed by atoms with E-state index in [0.717, 1.165) is 22.4 Å². The first-order chi connectivity index (χ1) is 14.1. The number of carbonyl (C=O) groups excluding carboxylic acids is 3. The van der Waals surface area contributed by atoms with Crippen LogP contribution in [-0.2, 0) is 19.1 Å². The highest BCUT2D eigenvalue weighted by Gasteiger charge is 2.31. The highest BCUT2D eigenvalue weighted by Crippen LogP contribution is 2.22. The lowest BCUT2D eigenvalue weighted by Crippen LogP contribution is -2.50. The molecule has 0 unspecified atom stereocenters. The number of amides is 2. The highest BCUT2D eigenvalue weighted by atomic mass is 16.5. The number of carbonyl (C=O) groups is 3. The van der Waals surface area contributed by atoms with Gasteiger partial charge in [-0.1, -0.05) is 17.7 Å². The van der Waals surface area contributed by atoms with Gasteiger partial charge < -0.3 is 15.0 Å². The van der Waals surface area contributed by atoms with E-state index in [1.54, 1.807) is 23.8 Å². The molecule has 1 aliphatic rings. The quantitative estimate of drug-likeness (QED) is 0.690. The fourth-order valence-corrected chi connectivity index (χ4v) is 3.97. The fourth-order valence-electron chi connectivity index (χ4n) is 3.97. The minimum atomic E-state index is -0.421. The molecule has 1 N–H and O–H groups in total. The Morgan fingerprint density at radius 3 is 2.27 bits per heavy atom. The Kier molecular flexibility index (Phi) is 8.41. The summed E-state index contributed by atoms with van der Waals surface area (Å²) in [6.45, 7) is 11.2. The van der Waals surface area contributed by atoms with Crippen molar-refractivity contribution < 1.29 is 19.1 Å². The number of nitrogens with zero attached hydrogens (tertiary/aromatic N) is 2. The van der Waals surface area contributed by atoms with Crippen LogP contribution in [0.4, 0.5) is 5.69 Å². The molecule has 2 rings (SSSR count). The van der Waals surface area contributed by atoms with Crippen molar-refractivity contribution in [3.63, 3.8) is 0 Å². The van der Waals surface area contributed by atoms with Gasteiger partial charge >= 0.3 is 5.97 Å². The van der Waals surface area contributed by atoms with E-state index in [2.05, 4.69) is 5.32 Å². The lowest BCUT2D eigenvalue weighted by Gasteiger charge is -2.34. The van der Waals surface area contributed by atoms with Crippen LogP contribution in [0, 0.1) is 26.7 Å². The van der Waals surface area contributed by atoms with Crippen LogP contribution in [0.3, 0.4) is 0 Å². The molecular weight excluding hydrogens is 382 g/mol. The zero-order chi connectivity index (χ0) is 22.4. The number of ether oxygens (including phenoxy) is 1. The van der Waals surface area contributed by atoms with Crippen molar-refractivity contribution in [1.29, 1.82) is 0 Å². The summed E-state index contributed by atoms with van der Waals surface area (Å²) >= 11 is 0. The van der Waals surface area contributed by atoms with Crippen LogP contribution < -0.4 is 5.32 Å². The van der Waals surface area contributed by atoms with E-state index >= 15 is 0 Å². The molecule has 1 atom stereocenters. The van der Waals surface area contributed by atoms with Gasteiger partial charge in [0.15, 0.2) is 0 Å². The second-order valence-corrected chi connectivity index (χ2v) is 8.26. The van der Waals surface area contributed by atoms with E-state index in [1.807, 2.05) is 39.8 Å². The molecule has 1 aromatic carbocycles. The van der Waals surface area contributed by atoms with Crippen LogP contribution >= 0.6 is 0 Å². The fraction of sp³-hybridized carbons (Fsp3) is 0.609. The number of hydrogen-bond donors (Lipinski definition) is 1. The zero-order valence-electron chi connectivity index (χ0n) is 19.1. The number of esters is 1. The average Bonchev–Trinajstić information content (AvgIpc) is 2.69. The van der Waals surface area contributed by atoms with Gasteiger partial charge in [-0.15, -0.1) is 0 Å². The lowest BCUT2D eigenvalue weighted by molar-refractivity contribution is -0.152. The van der Waals surface area contributed by atoms with Gasteiger partial charge in [-0.05, 0) is 65.6 Å². The molecule has 1 aliphatic heterocycles. The topological polar surface area (TPSA) is 79.0 Å². The summed E-state index contributed by atoms with van der Waals surface area (Å²) in [5, 5.41) is 2.98. The summed E-state index contributed by atoms with van der Waals surface area (Å²) in [6, 6.07) is 3.66. The number of nitrogens with one attached hydrogen (secondary N) is 1. The molecule has 0 saturated carbocycles. The third-order valence-corrected chi connectivity index (χ3v) is 5.78. The van der Waals surface area contributed by atoms with Gasteiger partial charge in [-0.3, -0.25) is 19.3 Å². The summed E-state index contributed by atoms with van der Waals surface area (Å²) in [7, 11) is 1.78. The van der Waals surface area contributed by atoms with Gasteiger partial charge in [0, 0.05) is 18.8 Å². The van der Waals surface area contributed by atoms with Crippen LogP contribution in [0.2, 0.25) is 0 Å². The van der Waals surface area contributed by atoms with Crippen molar-refractivity contribution in [2.45, 2.75) is 53.5 Å². The van der Waals surface area contributed by atoms with Crippen molar-refractivity contribution in [2.24, 2.45) is 5.92 Å². The minimum absolute atomic E-state index is 0.0182. The molecule has 7 heteroatoms. The number of likely N-dealkylation sites (N-methyl/N-ethyl adjacent to an activating group) is 1. The molecule has 0 spiro atoms. The molecule has 0 aliphatic carbocycles. The summed E-state index contributed by atoms with van der Waals surface area (Å²) in [5.41, 5.74) is 4.04. The van der Waals surface area contributed by atoms with E-state index in [9.17, 15) is 14.4 Å². The second kappa shape index (κ2) is 10.6. The van der Waals surface area contributed by atoms with Crippen LogP contribution in [0.1, 0.15) is 43.4 Å². The molecule has 1 heterocycles. The Morgan fingerprint density at radius 1 is 1.17 bits per heavy atom. The third kappa shape index (κ3) is 6.05. The van der Waals surface area contributed by atoms with Crippen molar-refractivity contribution >= 4 is 23.5 Å². The van der Waals surface area contributed by atoms with E-state index < -0.39 is 6.04 Å². The second-order valence-electron chi connectivity index (χ2n) is 8.26. The predicted octanol–water partition coefficient (Wildman–Crippen LogP) is 2.67. The monoisotopic (exact) mass is 417 g/mol. The van der Waals surface area contributed by atoms with Gasteiger partial charge in [0.1, 0.15) is 0 Å². The van der Waals surface area contributed by atoms with Crippen molar-refractivity contribution in [1.82, 2.24) is 9.80 Å². The maximum Gasteiger partial charge on any atom is 0.309 e. The largest absolute Gasteiger partial charge is 0.466 e. The summed E-state index contributed by atoms with van der Waals surface area (Å²) < 4.78 is 5.08. The van der Waals surface area contributed by atoms with Crippen LogP contribution in [0.25, 0.3) is 0 Å². The summed E-state index contributed by atoms with van der Waals surface area (Å²) in [4.78, 5) is 40.8. The van der Waals surface area contributed by atoms with E-state index in [-0.39, 0.29) is 30.2 Å². The molecule has 0 aromatic heterocycles. The molecule has 1 saturated heterocycles. The molecule has 1 aromatic rings. The van der Waals surface area contributed by atoms with Gasteiger partial charge in [0.2, 0.25) is 11.8 Å². The lowest BCUT2D eigenvalue weighted by atomic mass is 9.96. The smallest absolute Gasteiger partial charge is 0.309 e. The van der Waals surface area contributed by atoms with Crippen LogP contribution in [-0.4, -0.2) is 66.9 Å². The number of benzene rings is 1. The third-order valence-electron chi connectivity index (χ3n) is 5.78. The van der Waals surface area contributed by atoms with Gasteiger partial charge in [0.25, 0.3) is 0 Å². The molecule has 30 heavy (non-hydrogen) atoms. The maximum absolute atomic E-state index is 12.9. The van der Waals surface area contributed by atoms with Crippen LogP contribution in [0.5, 0.6) is 0 Å². The number of piperidine rings is 1. The normalized spacial score (nSPS) is 15.8. The summed E-state index contributed by atoms with van der Waals surface area (Å²) in [5.74, 6) is -0.467. The Balaban J connectivity index is 1.88. The molecule has 7 nitrogen and oxygen atoms in total. The standard InChI is InChI=1S/C23H35N3O4/c1-7-30-23(29)19-8-10-26(11-9-19)22(28)18(5)25(6)14-20(27)24-21-16(3)12-15(2)13-17(21)4/h12-13,18-19H,7-11,14H2,1-6H3,(H,24,27)/t18-/m1/s1. The van der Waals surface area contributed by atoms with E-state index in [0.29, 0.717) is 32.5 Å². The van der Waals surface area contributed by atoms with E-state index in [1.165, 1.54) is 0 Å². The molecular formula is C23H35N3O4. The van der Waals surface area contributed by atoms with Crippen LogP contribution in [0.15, 0.2) is 12.1 Å². The molecule has 1 fully saturated rings. The minimum Gasteiger partial charge on any atom is -0.466 e. The molecule has 0 radical (unpaired) electrons. The first-order valence-corrected chi connectivity index (χ1v) is 10.7. The number of hydrogen-bond acceptors (Lipinski definition) is 5.